The summed E-state index contributed by atoms with van der Waals surface area (Å²) in [6.07, 6.45) is 9.10. The molecule has 0 spiro atoms. The van der Waals surface area contributed by atoms with Gasteiger partial charge in [0, 0.05) is 5.56 Å². The van der Waals surface area contributed by atoms with E-state index in [9.17, 15) is 4.79 Å². The molecule has 0 unspecified atom stereocenters. The number of benzene rings is 1. The largest absolute Gasteiger partial charge is 0.298 e. The standard InChI is InChI=1S/C16H18N2O/c19-11-15-10-17-18-16(15)14-8-6-13(7-9-14)12-4-2-1-3-5-12/h6-12H,1-5H2,(H,17,18). The average molecular weight is 254 g/mol. The number of nitrogens with one attached hydrogen (secondary N) is 1. The maximum absolute atomic E-state index is 10.9. The molecule has 3 rings (SSSR count). The highest BCUT2D eigenvalue weighted by Crippen LogP contribution is 2.33. The number of aromatic nitrogens is 2. The first-order chi connectivity index (χ1) is 9.38. The molecule has 19 heavy (non-hydrogen) atoms. The van der Waals surface area contributed by atoms with Gasteiger partial charge in [-0.05, 0) is 24.3 Å². The van der Waals surface area contributed by atoms with Gasteiger partial charge in [-0.1, -0.05) is 43.5 Å². The Balaban J connectivity index is 1.84. The molecule has 1 N–H and O–H groups in total. The Bertz CT molecular complexity index is 550. The summed E-state index contributed by atoms with van der Waals surface area (Å²) >= 11 is 0. The third-order valence-electron chi connectivity index (χ3n) is 4.07. The normalized spacial score (nSPS) is 16.4. The van der Waals surface area contributed by atoms with E-state index in [0.29, 0.717) is 5.56 Å². The first-order valence-electron chi connectivity index (χ1n) is 6.97. The van der Waals surface area contributed by atoms with Crippen LogP contribution in [0.15, 0.2) is 30.5 Å². The van der Waals surface area contributed by atoms with Crippen LogP contribution in [0.2, 0.25) is 0 Å². The highest BCUT2D eigenvalue weighted by atomic mass is 16.1. The zero-order valence-electron chi connectivity index (χ0n) is 10.9. The molecular formula is C16H18N2O. The summed E-state index contributed by atoms with van der Waals surface area (Å²) in [7, 11) is 0. The maximum Gasteiger partial charge on any atom is 0.153 e. The van der Waals surface area contributed by atoms with Crippen molar-refractivity contribution in [2.24, 2.45) is 0 Å². The lowest BCUT2D eigenvalue weighted by molar-refractivity contribution is 0.112. The number of H-pyrrole nitrogens is 1. The quantitative estimate of drug-likeness (QED) is 0.843. The van der Waals surface area contributed by atoms with Crippen LogP contribution in [0.1, 0.15) is 53.9 Å². The molecule has 0 radical (unpaired) electrons. The molecule has 0 saturated heterocycles. The molecule has 1 aromatic carbocycles. The number of aromatic amines is 1. The van der Waals surface area contributed by atoms with Crippen LogP contribution in [-0.4, -0.2) is 16.5 Å². The zero-order chi connectivity index (χ0) is 13.1. The van der Waals surface area contributed by atoms with E-state index in [1.165, 1.54) is 37.7 Å². The number of hydrogen-bond acceptors (Lipinski definition) is 2. The molecule has 2 aromatic rings. The fourth-order valence-electron chi connectivity index (χ4n) is 2.97. The van der Waals surface area contributed by atoms with Crippen molar-refractivity contribution in [2.45, 2.75) is 38.0 Å². The van der Waals surface area contributed by atoms with E-state index >= 15 is 0 Å². The predicted octanol–water partition coefficient (Wildman–Crippen LogP) is 3.94. The molecule has 1 aliphatic carbocycles. The van der Waals surface area contributed by atoms with Gasteiger partial charge in [-0.3, -0.25) is 9.89 Å². The fourth-order valence-corrected chi connectivity index (χ4v) is 2.97. The molecule has 0 amide bonds. The lowest BCUT2D eigenvalue weighted by Crippen LogP contribution is -2.04. The SMILES string of the molecule is O=Cc1cn[nH]c1-c1ccc(C2CCCCC2)cc1. The van der Waals surface area contributed by atoms with Crippen LogP contribution < -0.4 is 0 Å². The Labute approximate surface area is 113 Å². The summed E-state index contributed by atoms with van der Waals surface area (Å²) in [6.45, 7) is 0. The Morgan fingerprint density at radius 3 is 2.53 bits per heavy atom. The first kappa shape index (κ1) is 12.2. The smallest absolute Gasteiger partial charge is 0.153 e. The Hall–Kier alpha value is -1.90. The molecule has 1 aliphatic rings. The van der Waals surface area contributed by atoms with Crippen molar-refractivity contribution in [1.29, 1.82) is 0 Å². The summed E-state index contributed by atoms with van der Waals surface area (Å²) in [4.78, 5) is 10.9. The van der Waals surface area contributed by atoms with E-state index in [1.807, 2.05) is 0 Å². The van der Waals surface area contributed by atoms with E-state index in [1.54, 1.807) is 6.20 Å². The van der Waals surface area contributed by atoms with Gasteiger partial charge in [0.25, 0.3) is 0 Å². The highest BCUT2D eigenvalue weighted by Gasteiger charge is 2.15. The molecule has 98 valence electrons. The minimum Gasteiger partial charge on any atom is -0.298 e. The number of carbonyl (C=O) groups is 1. The molecule has 1 saturated carbocycles. The van der Waals surface area contributed by atoms with Gasteiger partial charge in [-0.2, -0.15) is 5.10 Å². The van der Waals surface area contributed by atoms with Crippen LogP contribution in [0.3, 0.4) is 0 Å². The van der Waals surface area contributed by atoms with Gasteiger partial charge in [0.2, 0.25) is 0 Å². The van der Waals surface area contributed by atoms with Crippen LogP contribution in [0.25, 0.3) is 11.3 Å². The number of nitrogens with zero attached hydrogens (tertiary/aromatic N) is 1. The molecule has 3 heteroatoms. The minimum absolute atomic E-state index is 0.616. The van der Waals surface area contributed by atoms with E-state index in [2.05, 4.69) is 34.5 Å². The van der Waals surface area contributed by atoms with Crippen molar-refractivity contribution in [1.82, 2.24) is 10.2 Å². The van der Waals surface area contributed by atoms with Gasteiger partial charge in [0.15, 0.2) is 6.29 Å². The lowest BCUT2D eigenvalue weighted by atomic mass is 9.84. The van der Waals surface area contributed by atoms with Gasteiger partial charge in [-0.15, -0.1) is 0 Å². The molecular weight excluding hydrogens is 236 g/mol. The number of hydrogen-bond donors (Lipinski definition) is 1. The summed E-state index contributed by atoms with van der Waals surface area (Å²) in [5.41, 5.74) is 3.88. The fraction of sp³-hybridized carbons (Fsp3) is 0.375. The molecule has 1 heterocycles. The summed E-state index contributed by atoms with van der Waals surface area (Å²) in [6, 6.07) is 8.57. The van der Waals surface area contributed by atoms with E-state index in [4.69, 9.17) is 0 Å². The lowest BCUT2D eigenvalue weighted by Gasteiger charge is -2.22. The molecule has 1 fully saturated rings. The van der Waals surface area contributed by atoms with Crippen LogP contribution >= 0.6 is 0 Å². The summed E-state index contributed by atoms with van der Waals surface area (Å²) in [5, 5.41) is 6.82. The van der Waals surface area contributed by atoms with E-state index in [-0.39, 0.29) is 0 Å². The first-order valence-corrected chi connectivity index (χ1v) is 6.97. The van der Waals surface area contributed by atoms with Crippen LogP contribution in [-0.2, 0) is 0 Å². The Morgan fingerprint density at radius 2 is 1.84 bits per heavy atom. The van der Waals surface area contributed by atoms with Crippen LogP contribution in [0, 0.1) is 0 Å². The van der Waals surface area contributed by atoms with Gasteiger partial charge < -0.3 is 0 Å². The second-order valence-electron chi connectivity index (χ2n) is 5.28. The van der Waals surface area contributed by atoms with Gasteiger partial charge in [0.1, 0.15) is 0 Å². The number of rotatable bonds is 3. The third-order valence-corrected chi connectivity index (χ3v) is 4.07. The average Bonchev–Trinajstić information content (AvgIpc) is 2.97. The molecule has 1 aromatic heterocycles. The molecule has 3 nitrogen and oxygen atoms in total. The monoisotopic (exact) mass is 254 g/mol. The highest BCUT2D eigenvalue weighted by molar-refractivity contribution is 5.85. The van der Waals surface area contributed by atoms with Crippen molar-refractivity contribution < 1.29 is 4.79 Å². The maximum atomic E-state index is 10.9. The van der Waals surface area contributed by atoms with Crippen molar-refractivity contribution >= 4 is 6.29 Å². The zero-order valence-corrected chi connectivity index (χ0v) is 10.9. The molecule has 0 aliphatic heterocycles. The van der Waals surface area contributed by atoms with Crippen LogP contribution in [0.5, 0.6) is 0 Å². The Kier molecular flexibility index (Phi) is 3.45. The van der Waals surface area contributed by atoms with Crippen LogP contribution in [0.4, 0.5) is 0 Å². The molecule has 0 bridgehead atoms. The Morgan fingerprint density at radius 1 is 1.11 bits per heavy atom. The second kappa shape index (κ2) is 5.39. The van der Waals surface area contributed by atoms with Crippen molar-refractivity contribution in [3.8, 4) is 11.3 Å². The topological polar surface area (TPSA) is 45.8 Å². The summed E-state index contributed by atoms with van der Waals surface area (Å²) < 4.78 is 0. The van der Waals surface area contributed by atoms with Crippen molar-refractivity contribution in [3.05, 3.63) is 41.6 Å². The van der Waals surface area contributed by atoms with E-state index < -0.39 is 0 Å². The summed E-state index contributed by atoms with van der Waals surface area (Å²) in [5.74, 6) is 0.718. The van der Waals surface area contributed by atoms with Gasteiger partial charge in [0.05, 0.1) is 17.5 Å². The third kappa shape index (κ3) is 2.46. The second-order valence-corrected chi connectivity index (χ2v) is 5.28. The van der Waals surface area contributed by atoms with Gasteiger partial charge in [-0.25, -0.2) is 0 Å². The van der Waals surface area contributed by atoms with Crippen molar-refractivity contribution in [3.63, 3.8) is 0 Å². The number of carbonyl (C=O) groups excluding carboxylic acids is 1. The predicted molar refractivity (Wildman–Crippen MR) is 75.2 cm³/mol. The number of aldehydes is 1. The van der Waals surface area contributed by atoms with E-state index in [0.717, 1.165) is 23.5 Å². The molecule has 0 atom stereocenters. The minimum atomic E-state index is 0.616. The van der Waals surface area contributed by atoms with Crippen molar-refractivity contribution in [2.75, 3.05) is 0 Å². The van der Waals surface area contributed by atoms with Gasteiger partial charge >= 0.3 is 0 Å².